The predicted octanol–water partition coefficient (Wildman–Crippen LogP) is 1.14. The number of nitrogens with zero attached hydrogens (tertiary/aromatic N) is 4. The van der Waals surface area contributed by atoms with Crippen LogP contribution < -0.4 is 15.2 Å². The molecule has 5 atom stereocenters. The number of fused-ring (bicyclic) bond motifs is 2. The first kappa shape index (κ1) is 20.9. The van der Waals surface area contributed by atoms with Gasteiger partial charge in [0.1, 0.15) is 30.2 Å². The van der Waals surface area contributed by atoms with Crippen LogP contribution in [-0.4, -0.2) is 60.9 Å². The van der Waals surface area contributed by atoms with Crippen LogP contribution in [0.4, 0.5) is 5.82 Å². The molecule has 0 radical (unpaired) electrons. The average Bonchev–Trinajstić information content (AvgIpc) is 3.50. The number of aromatic nitrogens is 4. The summed E-state index contributed by atoms with van der Waals surface area (Å²) in [5.74, 6) is 1.62. The van der Waals surface area contributed by atoms with Crippen molar-refractivity contribution in [3.05, 3.63) is 36.4 Å². The van der Waals surface area contributed by atoms with E-state index in [1.165, 1.54) is 12.7 Å². The molecule has 11 nitrogen and oxygen atoms in total. The van der Waals surface area contributed by atoms with Crippen LogP contribution >= 0.6 is 0 Å². The van der Waals surface area contributed by atoms with E-state index in [4.69, 9.17) is 24.7 Å². The summed E-state index contributed by atoms with van der Waals surface area (Å²) in [5, 5.41) is 21.5. The van der Waals surface area contributed by atoms with Gasteiger partial charge in [0.05, 0.1) is 19.0 Å². The third kappa shape index (κ3) is 3.62. The minimum absolute atomic E-state index is 0.207. The maximum absolute atomic E-state index is 10.8. The number of anilines is 1. The van der Waals surface area contributed by atoms with Crippen molar-refractivity contribution in [2.24, 2.45) is 0 Å². The van der Waals surface area contributed by atoms with Crippen LogP contribution in [0, 0.1) is 0 Å². The summed E-state index contributed by atoms with van der Waals surface area (Å²) in [6, 6.07) is 5.62. The Morgan fingerprint density at radius 1 is 1.19 bits per heavy atom. The van der Waals surface area contributed by atoms with E-state index in [1.807, 2.05) is 25.1 Å². The van der Waals surface area contributed by atoms with E-state index in [1.54, 1.807) is 4.57 Å². The molecule has 4 heterocycles. The van der Waals surface area contributed by atoms with Crippen molar-refractivity contribution in [1.82, 2.24) is 19.5 Å². The highest BCUT2D eigenvalue weighted by atomic mass is 16.7. The number of nitrogen functional groups attached to an aromatic ring is 1. The van der Waals surface area contributed by atoms with Crippen LogP contribution in [0.1, 0.15) is 31.6 Å². The zero-order valence-corrected chi connectivity index (χ0v) is 17.5. The van der Waals surface area contributed by atoms with E-state index in [0.717, 1.165) is 12.0 Å². The van der Waals surface area contributed by atoms with E-state index in [2.05, 4.69) is 15.0 Å². The van der Waals surface area contributed by atoms with E-state index < -0.39 is 30.6 Å². The number of nitrogens with two attached hydrogens (primary N) is 1. The molecule has 0 saturated carbocycles. The van der Waals surface area contributed by atoms with Gasteiger partial charge in [-0.2, -0.15) is 0 Å². The number of rotatable bonds is 7. The maximum Gasteiger partial charge on any atom is 0.231 e. The fourth-order valence-corrected chi connectivity index (χ4v) is 4.14. The molecule has 1 fully saturated rings. The first-order valence-electron chi connectivity index (χ1n) is 10.5. The predicted molar refractivity (Wildman–Crippen MR) is 112 cm³/mol. The second-order valence-electron chi connectivity index (χ2n) is 7.88. The van der Waals surface area contributed by atoms with Gasteiger partial charge in [-0.1, -0.05) is 19.4 Å². The highest BCUT2D eigenvalue weighted by Gasteiger charge is 2.47. The van der Waals surface area contributed by atoms with E-state index in [-0.39, 0.29) is 12.6 Å². The first-order chi connectivity index (χ1) is 15.6. The van der Waals surface area contributed by atoms with Crippen molar-refractivity contribution in [3.8, 4) is 11.5 Å². The summed E-state index contributed by atoms with van der Waals surface area (Å²) in [4.78, 5) is 12.3. The molecule has 170 valence electrons. The highest BCUT2D eigenvalue weighted by Crippen LogP contribution is 2.36. The Hall–Kier alpha value is -2.99. The van der Waals surface area contributed by atoms with Crippen molar-refractivity contribution in [2.45, 2.75) is 57.0 Å². The third-order valence-corrected chi connectivity index (χ3v) is 5.78. The number of imidazole rings is 1. The van der Waals surface area contributed by atoms with Crippen LogP contribution in [0.15, 0.2) is 30.9 Å². The largest absolute Gasteiger partial charge is 0.454 e. The molecule has 5 rings (SSSR count). The standard InChI is InChI=1S/C21H25N5O6/c1-2-3-13(29-7-11-4-5-12-14(6-11)31-10-30-12)18-16(27)17(28)21(32-18)26-9-25-15-19(22)23-8-24-20(15)26/h4-6,8-9,13,16-18,21,27-28H,2-3,7,10H2,1H3,(H2,22,23,24)/t13?,16-,17+,18+,21+/m0/s1. The number of hydrogen-bond acceptors (Lipinski definition) is 10. The average molecular weight is 443 g/mol. The Kier molecular flexibility index (Phi) is 5.55. The highest BCUT2D eigenvalue weighted by molar-refractivity contribution is 5.81. The van der Waals surface area contributed by atoms with Gasteiger partial charge in [-0.3, -0.25) is 4.57 Å². The molecule has 0 bridgehead atoms. The fourth-order valence-electron chi connectivity index (χ4n) is 4.14. The molecule has 11 heteroatoms. The molecule has 2 aliphatic heterocycles. The molecule has 0 spiro atoms. The molecule has 1 aromatic carbocycles. The van der Waals surface area contributed by atoms with Gasteiger partial charge >= 0.3 is 0 Å². The molecular formula is C21H25N5O6. The summed E-state index contributed by atoms with van der Waals surface area (Å²) in [5.41, 5.74) is 7.59. The zero-order valence-electron chi connectivity index (χ0n) is 17.5. The van der Waals surface area contributed by atoms with Crippen molar-refractivity contribution in [2.75, 3.05) is 12.5 Å². The van der Waals surface area contributed by atoms with Gasteiger partial charge in [0.2, 0.25) is 6.79 Å². The molecule has 3 aromatic rings. The molecule has 2 aliphatic rings. The summed E-state index contributed by atoms with van der Waals surface area (Å²) >= 11 is 0. The Morgan fingerprint density at radius 3 is 2.88 bits per heavy atom. The van der Waals surface area contributed by atoms with Gasteiger partial charge in [0.25, 0.3) is 0 Å². The number of benzene rings is 1. The number of hydrogen-bond donors (Lipinski definition) is 3. The molecule has 4 N–H and O–H groups in total. The van der Waals surface area contributed by atoms with E-state index in [0.29, 0.717) is 35.7 Å². The van der Waals surface area contributed by atoms with Crippen LogP contribution in [0.5, 0.6) is 11.5 Å². The molecule has 1 saturated heterocycles. The minimum Gasteiger partial charge on any atom is -0.454 e. The van der Waals surface area contributed by atoms with Crippen molar-refractivity contribution in [3.63, 3.8) is 0 Å². The van der Waals surface area contributed by atoms with Crippen LogP contribution in [0.2, 0.25) is 0 Å². The van der Waals surface area contributed by atoms with Crippen molar-refractivity contribution >= 4 is 17.0 Å². The maximum atomic E-state index is 10.8. The Morgan fingerprint density at radius 2 is 2.03 bits per heavy atom. The van der Waals surface area contributed by atoms with E-state index in [9.17, 15) is 10.2 Å². The smallest absolute Gasteiger partial charge is 0.231 e. The van der Waals surface area contributed by atoms with Crippen LogP contribution in [-0.2, 0) is 16.1 Å². The molecule has 0 aliphatic carbocycles. The van der Waals surface area contributed by atoms with Gasteiger partial charge < -0.3 is 34.9 Å². The van der Waals surface area contributed by atoms with Crippen LogP contribution in [0.3, 0.4) is 0 Å². The summed E-state index contributed by atoms with van der Waals surface area (Å²) < 4.78 is 24.6. The van der Waals surface area contributed by atoms with Gasteiger partial charge in [-0.25, -0.2) is 15.0 Å². The second kappa shape index (κ2) is 8.51. The second-order valence-corrected chi connectivity index (χ2v) is 7.88. The van der Waals surface area contributed by atoms with Gasteiger partial charge in [0.15, 0.2) is 29.2 Å². The molecular weight excluding hydrogens is 418 g/mol. The van der Waals surface area contributed by atoms with E-state index >= 15 is 0 Å². The molecule has 0 amide bonds. The quantitative estimate of drug-likeness (QED) is 0.486. The van der Waals surface area contributed by atoms with Gasteiger partial charge in [-0.05, 0) is 24.1 Å². The lowest BCUT2D eigenvalue weighted by atomic mass is 10.0. The molecule has 1 unspecified atom stereocenters. The SMILES string of the molecule is CCCC(OCc1ccc2c(c1)OCO2)[C@H]1O[C@@H](n2cnc3c(N)ncnc32)[C@H](O)[C@@H]1O. The number of aliphatic hydroxyl groups is 2. The minimum atomic E-state index is -1.19. The lowest BCUT2D eigenvalue weighted by Gasteiger charge is -2.26. The Labute approximate surface area is 183 Å². The summed E-state index contributed by atoms with van der Waals surface area (Å²) in [6.07, 6.45) is -0.145. The van der Waals surface area contributed by atoms with Crippen LogP contribution in [0.25, 0.3) is 11.2 Å². The number of aliphatic hydroxyl groups excluding tert-OH is 2. The fraction of sp³-hybridized carbons (Fsp3) is 0.476. The Balaban J connectivity index is 1.34. The van der Waals surface area contributed by atoms with Gasteiger partial charge in [0, 0.05) is 0 Å². The first-order valence-corrected chi connectivity index (χ1v) is 10.5. The van der Waals surface area contributed by atoms with Gasteiger partial charge in [-0.15, -0.1) is 0 Å². The van der Waals surface area contributed by atoms with Crippen molar-refractivity contribution < 1.29 is 29.2 Å². The summed E-state index contributed by atoms with van der Waals surface area (Å²) in [7, 11) is 0. The normalized spacial score (nSPS) is 25.5. The summed E-state index contributed by atoms with van der Waals surface area (Å²) in [6.45, 7) is 2.53. The number of ether oxygens (including phenoxy) is 4. The molecule has 2 aromatic heterocycles. The van der Waals surface area contributed by atoms with Crippen molar-refractivity contribution in [1.29, 1.82) is 0 Å². The Bertz CT molecular complexity index is 1110. The zero-order chi connectivity index (χ0) is 22.2. The lowest BCUT2D eigenvalue weighted by molar-refractivity contribution is -0.114. The molecule has 32 heavy (non-hydrogen) atoms. The monoisotopic (exact) mass is 443 g/mol. The topological polar surface area (TPSA) is 147 Å². The lowest BCUT2D eigenvalue weighted by Crippen LogP contribution is -2.40. The third-order valence-electron chi connectivity index (χ3n) is 5.78.